The number of nitrogens with zero attached hydrogens (tertiary/aromatic N) is 3. The third-order valence-corrected chi connectivity index (χ3v) is 4.65. The second-order valence-corrected chi connectivity index (χ2v) is 6.80. The summed E-state index contributed by atoms with van der Waals surface area (Å²) in [5.41, 5.74) is 2.55. The number of hydrogen-bond acceptors (Lipinski definition) is 5. The van der Waals surface area contributed by atoms with Crippen molar-refractivity contribution >= 4 is 12.0 Å². The fourth-order valence-electron chi connectivity index (χ4n) is 3.23. The van der Waals surface area contributed by atoms with E-state index in [2.05, 4.69) is 5.10 Å². The Hall–Kier alpha value is -4.05. The van der Waals surface area contributed by atoms with Crippen LogP contribution in [-0.2, 0) is 11.3 Å². The minimum Gasteiger partial charge on any atom is -0.490 e. The van der Waals surface area contributed by atoms with Crippen LogP contribution in [0, 0.1) is 11.3 Å². The van der Waals surface area contributed by atoms with E-state index in [1.165, 1.54) is 6.08 Å². The van der Waals surface area contributed by atoms with Crippen molar-refractivity contribution in [3.63, 3.8) is 0 Å². The van der Waals surface area contributed by atoms with Gasteiger partial charge >= 0.3 is 5.97 Å². The first-order valence-electron chi connectivity index (χ1n) is 9.50. The molecule has 2 aromatic carbocycles. The van der Waals surface area contributed by atoms with Gasteiger partial charge in [0, 0.05) is 23.7 Å². The van der Waals surface area contributed by atoms with Gasteiger partial charge in [0.1, 0.15) is 11.6 Å². The van der Waals surface area contributed by atoms with Crippen LogP contribution in [0.2, 0.25) is 0 Å². The molecule has 4 rings (SSSR count). The van der Waals surface area contributed by atoms with Gasteiger partial charge in [0.05, 0.1) is 25.5 Å². The van der Waals surface area contributed by atoms with Crippen LogP contribution in [0.25, 0.3) is 17.3 Å². The van der Waals surface area contributed by atoms with Crippen molar-refractivity contribution in [2.75, 3.05) is 13.2 Å². The molecular formula is C23H19N3O4. The van der Waals surface area contributed by atoms with Crippen LogP contribution in [0.5, 0.6) is 11.5 Å². The summed E-state index contributed by atoms with van der Waals surface area (Å²) < 4.78 is 13.2. The fraction of sp³-hybridized carbons (Fsp3) is 0.174. The van der Waals surface area contributed by atoms with E-state index in [1.54, 1.807) is 16.9 Å². The van der Waals surface area contributed by atoms with Crippen LogP contribution in [0.3, 0.4) is 0 Å². The molecule has 2 heterocycles. The summed E-state index contributed by atoms with van der Waals surface area (Å²) in [7, 11) is 0. The maximum Gasteiger partial charge on any atom is 0.346 e. The molecule has 7 nitrogen and oxygen atoms in total. The molecule has 1 aliphatic heterocycles. The van der Waals surface area contributed by atoms with E-state index in [0.29, 0.717) is 42.5 Å². The molecule has 30 heavy (non-hydrogen) atoms. The van der Waals surface area contributed by atoms with Crippen molar-refractivity contribution in [3.8, 4) is 28.8 Å². The zero-order chi connectivity index (χ0) is 20.9. The Morgan fingerprint density at radius 1 is 1.17 bits per heavy atom. The predicted octanol–water partition coefficient (Wildman–Crippen LogP) is 3.75. The van der Waals surface area contributed by atoms with Gasteiger partial charge in [-0.1, -0.05) is 30.3 Å². The molecule has 1 N–H and O–H groups in total. The molecule has 0 radical (unpaired) electrons. The number of benzene rings is 2. The SMILES string of the molecule is N#C/C(=C\c1cn(Cc2ccccc2)nc1-c1ccc2c(c1)OCCCO2)C(=O)O. The number of hydrogen-bond donors (Lipinski definition) is 1. The van der Waals surface area contributed by atoms with Gasteiger partial charge in [-0.2, -0.15) is 10.4 Å². The van der Waals surface area contributed by atoms with Gasteiger partial charge in [-0.25, -0.2) is 4.79 Å². The minimum atomic E-state index is -1.28. The molecule has 7 heteroatoms. The van der Waals surface area contributed by atoms with Crippen molar-refractivity contribution in [3.05, 3.63) is 71.4 Å². The van der Waals surface area contributed by atoms with E-state index >= 15 is 0 Å². The van der Waals surface area contributed by atoms with E-state index in [4.69, 9.17) is 9.47 Å². The Morgan fingerprint density at radius 3 is 2.67 bits per heavy atom. The summed E-state index contributed by atoms with van der Waals surface area (Å²) in [6.07, 6.45) is 3.88. The van der Waals surface area contributed by atoms with Crippen molar-refractivity contribution < 1.29 is 19.4 Å². The average Bonchev–Trinajstić information content (AvgIpc) is 2.99. The number of fused-ring (bicyclic) bond motifs is 1. The highest BCUT2D eigenvalue weighted by atomic mass is 16.5. The maximum absolute atomic E-state index is 11.4. The first-order chi connectivity index (χ1) is 14.6. The zero-order valence-electron chi connectivity index (χ0n) is 16.1. The molecule has 0 unspecified atom stereocenters. The summed E-state index contributed by atoms with van der Waals surface area (Å²) in [4.78, 5) is 11.4. The van der Waals surface area contributed by atoms with Crippen LogP contribution in [0.1, 0.15) is 17.5 Å². The van der Waals surface area contributed by atoms with Gasteiger partial charge in [0.15, 0.2) is 11.5 Å². The molecule has 0 saturated carbocycles. The number of aliphatic carboxylic acids is 1. The smallest absolute Gasteiger partial charge is 0.346 e. The Labute approximate surface area is 173 Å². The summed E-state index contributed by atoms with van der Waals surface area (Å²) in [6.45, 7) is 1.67. The van der Waals surface area contributed by atoms with Gasteiger partial charge in [0.2, 0.25) is 0 Å². The largest absolute Gasteiger partial charge is 0.490 e. The van der Waals surface area contributed by atoms with E-state index in [-0.39, 0.29) is 5.57 Å². The molecular weight excluding hydrogens is 382 g/mol. The lowest BCUT2D eigenvalue weighted by Gasteiger charge is -2.09. The topological polar surface area (TPSA) is 97.4 Å². The summed E-state index contributed by atoms with van der Waals surface area (Å²) in [6, 6.07) is 17.0. The first-order valence-corrected chi connectivity index (χ1v) is 9.50. The quantitative estimate of drug-likeness (QED) is 0.517. The molecule has 0 spiro atoms. The number of aromatic nitrogens is 2. The Morgan fingerprint density at radius 2 is 1.93 bits per heavy atom. The lowest BCUT2D eigenvalue weighted by molar-refractivity contribution is -0.132. The highest BCUT2D eigenvalue weighted by Crippen LogP contribution is 2.35. The van der Waals surface area contributed by atoms with Gasteiger partial charge in [0.25, 0.3) is 0 Å². The number of carboxylic acid groups (broad SMARTS) is 1. The van der Waals surface area contributed by atoms with Crippen molar-refractivity contribution in [1.29, 1.82) is 5.26 Å². The van der Waals surface area contributed by atoms with Gasteiger partial charge < -0.3 is 14.6 Å². The third-order valence-electron chi connectivity index (χ3n) is 4.65. The zero-order valence-corrected chi connectivity index (χ0v) is 16.1. The molecule has 3 aromatic rings. The van der Waals surface area contributed by atoms with Gasteiger partial charge in [-0.15, -0.1) is 0 Å². The number of carboxylic acids is 1. The number of rotatable bonds is 5. The van der Waals surface area contributed by atoms with E-state index in [0.717, 1.165) is 17.5 Å². The summed E-state index contributed by atoms with van der Waals surface area (Å²) in [5.74, 6) is 0.00881. The van der Waals surface area contributed by atoms with Crippen LogP contribution in [-0.4, -0.2) is 34.1 Å². The Balaban J connectivity index is 1.78. The molecule has 150 valence electrons. The van der Waals surface area contributed by atoms with Crippen LogP contribution in [0.4, 0.5) is 0 Å². The molecule has 0 aliphatic carbocycles. The lowest BCUT2D eigenvalue weighted by atomic mass is 10.1. The van der Waals surface area contributed by atoms with Crippen LogP contribution < -0.4 is 9.47 Å². The second kappa shape index (κ2) is 8.53. The van der Waals surface area contributed by atoms with Gasteiger partial charge in [-0.05, 0) is 29.8 Å². The van der Waals surface area contributed by atoms with E-state index < -0.39 is 5.97 Å². The molecule has 0 fully saturated rings. The van der Waals surface area contributed by atoms with E-state index in [9.17, 15) is 15.2 Å². The number of nitriles is 1. The average molecular weight is 401 g/mol. The molecule has 0 saturated heterocycles. The maximum atomic E-state index is 11.4. The molecule has 1 aliphatic rings. The highest BCUT2D eigenvalue weighted by Gasteiger charge is 2.17. The monoisotopic (exact) mass is 401 g/mol. The molecule has 0 atom stereocenters. The highest BCUT2D eigenvalue weighted by molar-refractivity contribution is 5.97. The van der Waals surface area contributed by atoms with Gasteiger partial charge in [-0.3, -0.25) is 4.68 Å². The molecule has 0 bridgehead atoms. The van der Waals surface area contributed by atoms with Crippen molar-refractivity contribution in [2.24, 2.45) is 0 Å². The van der Waals surface area contributed by atoms with Crippen LogP contribution in [0.15, 0.2) is 60.3 Å². The normalized spacial score (nSPS) is 13.4. The fourth-order valence-corrected chi connectivity index (χ4v) is 3.23. The number of ether oxygens (including phenoxy) is 2. The predicted molar refractivity (Wildman–Crippen MR) is 110 cm³/mol. The standard InChI is InChI=1S/C23H19N3O4/c24-13-18(23(27)28)11-19-15-26(14-16-5-2-1-3-6-16)25-22(19)17-7-8-20-21(12-17)30-10-4-9-29-20/h1-3,5-8,11-12,15H,4,9-10,14H2,(H,27,28)/b18-11+. The number of carbonyl (C=O) groups is 1. The Bertz CT molecular complexity index is 1140. The van der Waals surface area contributed by atoms with Crippen molar-refractivity contribution in [2.45, 2.75) is 13.0 Å². The lowest BCUT2D eigenvalue weighted by Crippen LogP contribution is -2.00. The minimum absolute atomic E-state index is 0.357. The molecule has 1 aromatic heterocycles. The summed E-state index contributed by atoms with van der Waals surface area (Å²) >= 11 is 0. The van der Waals surface area contributed by atoms with Crippen LogP contribution >= 0.6 is 0 Å². The van der Waals surface area contributed by atoms with E-state index in [1.807, 2.05) is 48.5 Å². The first kappa shape index (κ1) is 19.3. The second-order valence-electron chi connectivity index (χ2n) is 6.80. The van der Waals surface area contributed by atoms with Crippen molar-refractivity contribution in [1.82, 2.24) is 9.78 Å². The molecule has 0 amide bonds. The Kier molecular flexibility index (Phi) is 5.48. The third kappa shape index (κ3) is 4.18. The summed E-state index contributed by atoms with van der Waals surface area (Å²) in [5, 5.41) is 23.1.